The Kier molecular flexibility index (Phi) is 6.55. The lowest BCUT2D eigenvalue weighted by Gasteiger charge is -2.21. The van der Waals surface area contributed by atoms with Crippen LogP contribution >= 0.6 is 0 Å². The zero-order valence-corrected chi connectivity index (χ0v) is 12.5. The first kappa shape index (κ1) is 16.6. The molecule has 0 spiro atoms. The van der Waals surface area contributed by atoms with E-state index in [-0.39, 0.29) is 13.1 Å². The van der Waals surface area contributed by atoms with Gasteiger partial charge in [0, 0.05) is 0 Å². The molecule has 2 aromatic rings. The molecule has 118 valence electrons. The number of benzene rings is 2. The van der Waals surface area contributed by atoms with Crippen molar-refractivity contribution in [2.24, 2.45) is 0 Å². The van der Waals surface area contributed by atoms with Crippen LogP contribution in [0, 0.1) is 0 Å². The number of nitrogens with zero attached hydrogens (tertiary/aromatic N) is 1. The molecule has 2 aromatic carbocycles. The normalized spacial score (nSPS) is 14.0. The molecule has 22 heavy (non-hydrogen) atoms. The Bertz CT molecular complexity index is 483. The van der Waals surface area contributed by atoms with Crippen LogP contribution in [0.15, 0.2) is 60.7 Å². The van der Waals surface area contributed by atoms with Gasteiger partial charge in [-0.1, -0.05) is 60.7 Å². The maximum atomic E-state index is 9.99. The Labute approximate surface area is 131 Å². The van der Waals surface area contributed by atoms with E-state index in [1.165, 1.54) is 0 Å². The van der Waals surface area contributed by atoms with Gasteiger partial charge in [-0.3, -0.25) is 0 Å². The van der Waals surface area contributed by atoms with Gasteiger partial charge in [-0.05, 0) is 24.0 Å². The predicted molar refractivity (Wildman–Crippen MR) is 85.7 cm³/mol. The van der Waals surface area contributed by atoms with Crippen LogP contribution in [0.5, 0.6) is 0 Å². The van der Waals surface area contributed by atoms with Gasteiger partial charge in [0.2, 0.25) is 0 Å². The minimum atomic E-state index is -0.670. The van der Waals surface area contributed by atoms with E-state index in [2.05, 4.69) is 0 Å². The number of aliphatic hydroxyl groups is 2. The van der Waals surface area contributed by atoms with Crippen LogP contribution in [0.2, 0.25) is 0 Å². The first-order chi connectivity index (χ1) is 10.6. The van der Waals surface area contributed by atoms with Crippen molar-refractivity contribution < 1.29 is 15.4 Å². The fourth-order valence-corrected chi connectivity index (χ4v) is 2.46. The van der Waals surface area contributed by atoms with E-state index in [1.54, 1.807) is 0 Å². The molecule has 0 aliphatic heterocycles. The summed E-state index contributed by atoms with van der Waals surface area (Å²) >= 11 is 0. The third-order valence-corrected chi connectivity index (χ3v) is 3.47. The summed E-state index contributed by atoms with van der Waals surface area (Å²) in [7, 11) is 0. The molecular weight excluding hydrogens is 278 g/mol. The highest BCUT2D eigenvalue weighted by Crippen LogP contribution is 2.06. The van der Waals surface area contributed by atoms with Gasteiger partial charge in [0.1, 0.15) is 0 Å². The molecule has 0 bridgehead atoms. The van der Waals surface area contributed by atoms with Crippen molar-refractivity contribution in [2.45, 2.75) is 25.0 Å². The van der Waals surface area contributed by atoms with E-state index in [0.717, 1.165) is 16.2 Å². The third kappa shape index (κ3) is 5.95. The van der Waals surface area contributed by atoms with E-state index >= 15 is 0 Å². The van der Waals surface area contributed by atoms with Crippen molar-refractivity contribution in [3.8, 4) is 0 Å². The molecule has 4 heteroatoms. The third-order valence-electron chi connectivity index (χ3n) is 3.47. The van der Waals surface area contributed by atoms with E-state index in [9.17, 15) is 15.4 Å². The summed E-state index contributed by atoms with van der Waals surface area (Å²) in [5.74, 6) is 0. The number of aliphatic hydroxyl groups excluding tert-OH is 2. The Morgan fingerprint density at radius 1 is 0.682 bits per heavy atom. The van der Waals surface area contributed by atoms with Crippen LogP contribution in [0.3, 0.4) is 0 Å². The highest BCUT2D eigenvalue weighted by atomic mass is 16.5. The van der Waals surface area contributed by atoms with Crippen LogP contribution in [0.4, 0.5) is 0 Å². The summed E-state index contributed by atoms with van der Waals surface area (Å²) in [4.78, 5) is 0. The standard InChI is InChI=1S/C18H23NO3/c20-17(11-15-7-3-1-4-8-15)13-19(22)14-18(21)12-16-9-5-2-6-10-16/h1-10,17-18,20-22H,11-14H2. The number of hydroxylamine groups is 2. The first-order valence-electron chi connectivity index (χ1n) is 7.51. The molecular formula is C18H23NO3. The second-order valence-electron chi connectivity index (χ2n) is 5.56. The van der Waals surface area contributed by atoms with Gasteiger partial charge in [0.15, 0.2) is 0 Å². The van der Waals surface area contributed by atoms with Gasteiger partial charge in [-0.2, -0.15) is 5.06 Å². The number of rotatable bonds is 8. The average molecular weight is 301 g/mol. The topological polar surface area (TPSA) is 63.9 Å². The predicted octanol–water partition coefficient (Wildman–Crippen LogP) is 1.88. The van der Waals surface area contributed by atoms with Gasteiger partial charge >= 0.3 is 0 Å². The van der Waals surface area contributed by atoms with Crippen LogP contribution in [-0.2, 0) is 12.8 Å². The molecule has 4 nitrogen and oxygen atoms in total. The van der Waals surface area contributed by atoms with Gasteiger partial charge < -0.3 is 15.4 Å². The van der Waals surface area contributed by atoms with Crippen LogP contribution in [-0.4, -0.2) is 45.8 Å². The van der Waals surface area contributed by atoms with E-state index < -0.39 is 12.2 Å². The Morgan fingerprint density at radius 2 is 1.05 bits per heavy atom. The van der Waals surface area contributed by atoms with Crippen molar-refractivity contribution >= 4 is 0 Å². The zero-order valence-electron chi connectivity index (χ0n) is 12.5. The molecule has 2 rings (SSSR count). The summed E-state index contributed by atoms with van der Waals surface area (Å²) in [6.07, 6.45) is -0.382. The summed E-state index contributed by atoms with van der Waals surface area (Å²) in [5, 5.41) is 30.8. The second-order valence-corrected chi connectivity index (χ2v) is 5.56. The molecule has 0 saturated carbocycles. The largest absolute Gasteiger partial charge is 0.391 e. The lowest BCUT2D eigenvalue weighted by atomic mass is 10.1. The molecule has 2 unspecified atom stereocenters. The smallest absolute Gasteiger partial charge is 0.0730 e. The van der Waals surface area contributed by atoms with Gasteiger partial charge in [-0.15, -0.1) is 0 Å². The highest BCUT2D eigenvalue weighted by Gasteiger charge is 2.14. The fraction of sp³-hybridized carbons (Fsp3) is 0.333. The molecule has 0 aliphatic rings. The summed E-state index contributed by atoms with van der Waals surface area (Å²) < 4.78 is 0. The zero-order chi connectivity index (χ0) is 15.8. The molecule has 3 N–H and O–H groups in total. The molecule has 2 atom stereocenters. The van der Waals surface area contributed by atoms with Gasteiger partial charge in [-0.25, -0.2) is 0 Å². The Hall–Kier alpha value is -1.72. The lowest BCUT2D eigenvalue weighted by molar-refractivity contribution is -0.131. The Morgan fingerprint density at radius 3 is 1.41 bits per heavy atom. The van der Waals surface area contributed by atoms with E-state index in [0.29, 0.717) is 12.8 Å². The molecule has 0 heterocycles. The number of hydrogen-bond acceptors (Lipinski definition) is 4. The number of hydrogen-bond donors (Lipinski definition) is 3. The molecule has 0 aromatic heterocycles. The van der Waals surface area contributed by atoms with Gasteiger partial charge in [0.05, 0.1) is 25.3 Å². The molecule has 0 amide bonds. The van der Waals surface area contributed by atoms with Crippen LogP contribution in [0.25, 0.3) is 0 Å². The van der Waals surface area contributed by atoms with Crippen molar-refractivity contribution in [1.29, 1.82) is 0 Å². The monoisotopic (exact) mass is 301 g/mol. The van der Waals surface area contributed by atoms with Crippen molar-refractivity contribution in [3.05, 3.63) is 71.8 Å². The first-order valence-corrected chi connectivity index (χ1v) is 7.51. The van der Waals surface area contributed by atoms with Crippen molar-refractivity contribution in [3.63, 3.8) is 0 Å². The molecule has 0 radical (unpaired) electrons. The second kappa shape index (κ2) is 8.66. The van der Waals surface area contributed by atoms with Gasteiger partial charge in [0.25, 0.3) is 0 Å². The molecule has 0 saturated heterocycles. The minimum Gasteiger partial charge on any atom is -0.391 e. The van der Waals surface area contributed by atoms with Crippen molar-refractivity contribution in [1.82, 2.24) is 5.06 Å². The maximum Gasteiger partial charge on any atom is 0.0730 e. The summed E-state index contributed by atoms with van der Waals surface area (Å²) in [6.45, 7) is 0.224. The minimum absolute atomic E-state index is 0.112. The average Bonchev–Trinajstić information content (AvgIpc) is 2.48. The summed E-state index contributed by atoms with van der Waals surface area (Å²) in [5.41, 5.74) is 2.04. The van der Waals surface area contributed by atoms with Crippen LogP contribution < -0.4 is 0 Å². The summed E-state index contributed by atoms with van der Waals surface area (Å²) in [6, 6.07) is 19.3. The fourth-order valence-electron chi connectivity index (χ4n) is 2.46. The van der Waals surface area contributed by atoms with Crippen LogP contribution in [0.1, 0.15) is 11.1 Å². The van der Waals surface area contributed by atoms with E-state index in [1.807, 2.05) is 60.7 Å². The SMILES string of the molecule is OC(Cc1ccccc1)CN(O)CC(O)Cc1ccccc1. The van der Waals surface area contributed by atoms with Crippen molar-refractivity contribution in [2.75, 3.05) is 13.1 Å². The Balaban J connectivity index is 1.73. The molecule has 0 aliphatic carbocycles. The van der Waals surface area contributed by atoms with E-state index in [4.69, 9.17) is 0 Å². The maximum absolute atomic E-state index is 9.99. The quantitative estimate of drug-likeness (QED) is 0.652. The molecule has 0 fully saturated rings. The highest BCUT2D eigenvalue weighted by molar-refractivity contribution is 5.16. The lowest BCUT2D eigenvalue weighted by Crippen LogP contribution is -2.37.